The first-order chi connectivity index (χ1) is 9.90. The van der Waals surface area contributed by atoms with Gasteiger partial charge >= 0.3 is 6.18 Å². The van der Waals surface area contributed by atoms with Gasteiger partial charge in [-0.05, 0) is 18.1 Å². The summed E-state index contributed by atoms with van der Waals surface area (Å²) >= 11 is 0. The number of pyridine rings is 1. The van der Waals surface area contributed by atoms with Gasteiger partial charge in [0, 0.05) is 37.9 Å². The van der Waals surface area contributed by atoms with E-state index in [9.17, 15) is 13.2 Å². The fourth-order valence-electron chi connectivity index (χ4n) is 2.18. The van der Waals surface area contributed by atoms with Gasteiger partial charge in [-0.3, -0.25) is 9.88 Å². The second-order valence-electron chi connectivity index (χ2n) is 4.80. The van der Waals surface area contributed by atoms with Crippen molar-refractivity contribution >= 4 is 0 Å². The molecule has 1 aromatic rings. The molecule has 0 aliphatic heterocycles. The third-order valence-corrected chi connectivity index (χ3v) is 3.22. The van der Waals surface area contributed by atoms with E-state index in [2.05, 4.69) is 4.98 Å². The zero-order valence-electron chi connectivity index (χ0n) is 11.8. The zero-order chi connectivity index (χ0) is 15.9. The highest BCUT2D eigenvalue weighted by Gasteiger charge is 2.46. The van der Waals surface area contributed by atoms with Gasteiger partial charge in [0.2, 0.25) is 0 Å². The van der Waals surface area contributed by atoms with E-state index in [0.717, 1.165) is 0 Å². The maximum atomic E-state index is 13.3. The molecule has 2 unspecified atom stereocenters. The molecule has 116 valence electrons. The number of rotatable bonds is 7. The maximum absolute atomic E-state index is 13.3. The van der Waals surface area contributed by atoms with E-state index < -0.39 is 18.3 Å². The van der Waals surface area contributed by atoms with Gasteiger partial charge in [0.05, 0.1) is 6.07 Å². The fraction of sp³-hybridized carbons (Fsp3) is 0.571. The highest BCUT2D eigenvalue weighted by atomic mass is 19.4. The molecule has 0 saturated heterocycles. The molecule has 2 N–H and O–H groups in total. The number of nitriles is 1. The molecular weight excluding hydrogens is 281 g/mol. The maximum Gasteiger partial charge on any atom is 0.405 e. The number of hydrogen-bond acceptors (Lipinski definition) is 4. The monoisotopic (exact) mass is 300 g/mol. The molecule has 0 bridgehead atoms. The average molecular weight is 300 g/mol. The van der Waals surface area contributed by atoms with Crippen molar-refractivity contribution in [2.75, 3.05) is 6.54 Å². The summed E-state index contributed by atoms with van der Waals surface area (Å²) in [6.07, 6.45) is -1.14. The van der Waals surface area contributed by atoms with Gasteiger partial charge in [-0.1, -0.05) is 13.0 Å². The second kappa shape index (κ2) is 7.96. The molecule has 0 amide bonds. The summed E-state index contributed by atoms with van der Waals surface area (Å²) in [6, 6.07) is 2.46. The van der Waals surface area contributed by atoms with Gasteiger partial charge in [0.1, 0.15) is 6.04 Å². The Bertz CT molecular complexity index is 456. The number of nitrogens with zero attached hydrogens (tertiary/aromatic N) is 3. The molecule has 0 aliphatic rings. The van der Waals surface area contributed by atoms with Gasteiger partial charge in [-0.2, -0.15) is 18.4 Å². The number of halogens is 3. The molecule has 21 heavy (non-hydrogen) atoms. The van der Waals surface area contributed by atoms with Crippen LogP contribution < -0.4 is 5.73 Å². The summed E-state index contributed by atoms with van der Waals surface area (Å²) in [5.74, 6) is 0. The normalized spacial score (nSPS) is 14.7. The van der Waals surface area contributed by atoms with Gasteiger partial charge in [0.15, 0.2) is 0 Å². The minimum Gasteiger partial charge on any atom is -0.326 e. The van der Waals surface area contributed by atoms with E-state index in [1.165, 1.54) is 11.1 Å². The fourth-order valence-corrected chi connectivity index (χ4v) is 2.18. The van der Waals surface area contributed by atoms with E-state index in [-0.39, 0.29) is 25.9 Å². The Morgan fingerprint density at radius 2 is 2.19 bits per heavy atom. The third-order valence-electron chi connectivity index (χ3n) is 3.22. The molecule has 1 rings (SSSR count). The molecule has 0 aromatic carbocycles. The lowest BCUT2D eigenvalue weighted by Gasteiger charge is -2.36. The van der Waals surface area contributed by atoms with Crippen molar-refractivity contribution in [3.63, 3.8) is 0 Å². The minimum atomic E-state index is -4.44. The third kappa shape index (κ3) is 5.33. The second-order valence-corrected chi connectivity index (χ2v) is 4.80. The lowest BCUT2D eigenvalue weighted by Crippen LogP contribution is -2.55. The molecule has 0 radical (unpaired) electrons. The van der Waals surface area contributed by atoms with Crippen LogP contribution in [-0.4, -0.2) is 34.7 Å². The number of alkyl halides is 3. The van der Waals surface area contributed by atoms with E-state index in [0.29, 0.717) is 5.56 Å². The predicted molar refractivity (Wildman–Crippen MR) is 73.0 cm³/mol. The van der Waals surface area contributed by atoms with Gasteiger partial charge in [0.25, 0.3) is 0 Å². The Balaban J connectivity index is 3.00. The van der Waals surface area contributed by atoms with E-state index in [4.69, 9.17) is 11.0 Å². The molecule has 1 aromatic heterocycles. The molecule has 0 fully saturated rings. The van der Waals surface area contributed by atoms with Crippen molar-refractivity contribution in [2.24, 2.45) is 5.73 Å². The average Bonchev–Trinajstić information content (AvgIpc) is 2.44. The Labute approximate surface area is 122 Å². The van der Waals surface area contributed by atoms with Crippen LogP contribution in [0, 0.1) is 11.3 Å². The SMILES string of the molecule is CCC(N)C(N(CCC#N)Cc1cccnc1)C(F)(F)F. The number of nitrogens with two attached hydrogens (primary N) is 1. The minimum absolute atomic E-state index is 0.0171. The standard InChI is InChI=1S/C14H19F3N4/c1-2-12(19)13(14(15,16)17)21(8-4-6-18)10-11-5-3-7-20-9-11/h3,5,7,9,12-13H,2,4,8,10,19H2,1H3. The highest BCUT2D eigenvalue weighted by Crippen LogP contribution is 2.29. The van der Waals surface area contributed by atoms with Crippen molar-refractivity contribution in [2.45, 2.75) is 44.6 Å². The van der Waals surface area contributed by atoms with E-state index in [1.807, 2.05) is 6.07 Å². The van der Waals surface area contributed by atoms with Crippen LogP contribution >= 0.6 is 0 Å². The first kappa shape index (κ1) is 17.4. The summed E-state index contributed by atoms with van der Waals surface area (Å²) in [5.41, 5.74) is 6.33. The van der Waals surface area contributed by atoms with Crippen LogP contribution in [0.2, 0.25) is 0 Å². The van der Waals surface area contributed by atoms with Crippen molar-refractivity contribution in [1.29, 1.82) is 5.26 Å². The summed E-state index contributed by atoms with van der Waals surface area (Å²) in [4.78, 5) is 5.12. The first-order valence-corrected chi connectivity index (χ1v) is 6.72. The first-order valence-electron chi connectivity index (χ1n) is 6.72. The Kier molecular flexibility index (Phi) is 6.59. The summed E-state index contributed by atoms with van der Waals surface area (Å²) in [6.45, 7) is 1.70. The van der Waals surface area contributed by atoms with Crippen LogP contribution in [0.3, 0.4) is 0 Å². The quantitative estimate of drug-likeness (QED) is 0.840. The topological polar surface area (TPSA) is 65.9 Å². The van der Waals surface area contributed by atoms with Gasteiger partial charge < -0.3 is 5.73 Å². The van der Waals surface area contributed by atoms with Crippen LogP contribution in [0.1, 0.15) is 25.3 Å². The largest absolute Gasteiger partial charge is 0.405 e. The molecular formula is C14H19F3N4. The van der Waals surface area contributed by atoms with Gasteiger partial charge in [-0.15, -0.1) is 0 Å². The highest BCUT2D eigenvalue weighted by molar-refractivity contribution is 5.09. The molecule has 4 nitrogen and oxygen atoms in total. The summed E-state index contributed by atoms with van der Waals surface area (Å²) in [7, 11) is 0. The summed E-state index contributed by atoms with van der Waals surface area (Å²) in [5, 5.41) is 8.66. The molecule has 2 atom stereocenters. The lowest BCUT2D eigenvalue weighted by atomic mass is 10.0. The zero-order valence-corrected chi connectivity index (χ0v) is 11.8. The summed E-state index contributed by atoms with van der Waals surface area (Å²) < 4.78 is 40.0. The number of hydrogen-bond donors (Lipinski definition) is 1. The predicted octanol–water partition coefficient (Wildman–Crippen LogP) is 2.47. The van der Waals surface area contributed by atoms with Crippen LogP contribution in [0.4, 0.5) is 13.2 Å². The molecule has 7 heteroatoms. The van der Waals surface area contributed by atoms with Crippen LogP contribution in [0.25, 0.3) is 0 Å². The van der Waals surface area contributed by atoms with Gasteiger partial charge in [-0.25, -0.2) is 0 Å². The Hall–Kier alpha value is -1.65. The molecule has 0 aliphatic carbocycles. The molecule has 1 heterocycles. The van der Waals surface area contributed by atoms with E-state index >= 15 is 0 Å². The molecule has 0 spiro atoms. The molecule has 0 saturated carbocycles. The van der Waals surface area contributed by atoms with Crippen LogP contribution in [-0.2, 0) is 6.54 Å². The number of aromatic nitrogens is 1. The van der Waals surface area contributed by atoms with Crippen LogP contribution in [0.5, 0.6) is 0 Å². The van der Waals surface area contributed by atoms with Crippen molar-refractivity contribution in [3.8, 4) is 6.07 Å². The Morgan fingerprint density at radius 1 is 1.48 bits per heavy atom. The van der Waals surface area contributed by atoms with Crippen molar-refractivity contribution < 1.29 is 13.2 Å². The van der Waals surface area contributed by atoms with Crippen LogP contribution in [0.15, 0.2) is 24.5 Å². The van der Waals surface area contributed by atoms with Crippen molar-refractivity contribution in [1.82, 2.24) is 9.88 Å². The van der Waals surface area contributed by atoms with Crippen molar-refractivity contribution in [3.05, 3.63) is 30.1 Å². The Morgan fingerprint density at radius 3 is 2.67 bits per heavy atom. The smallest absolute Gasteiger partial charge is 0.326 e. The van der Waals surface area contributed by atoms with E-state index in [1.54, 1.807) is 25.3 Å². The lowest BCUT2D eigenvalue weighted by molar-refractivity contribution is -0.191.